The van der Waals surface area contributed by atoms with Crippen LogP contribution in [0.3, 0.4) is 0 Å². The second-order valence-electron chi connectivity index (χ2n) is 5.44. The standard InChI is InChI=1S/C15H18N2O4/c1-15(2)12(18)16-14(20)17(13(15)19)9-8-10-4-6-11(21-3)7-5-10/h4-7H,8-9H2,1-3H3,(H,16,18,20). The summed E-state index contributed by atoms with van der Waals surface area (Å²) >= 11 is 0. The van der Waals surface area contributed by atoms with Crippen LogP contribution in [-0.4, -0.2) is 36.4 Å². The van der Waals surface area contributed by atoms with Crippen molar-refractivity contribution in [3.63, 3.8) is 0 Å². The van der Waals surface area contributed by atoms with Gasteiger partial charge in [-0.1, -0.05) is 12.1 Å². The summed E-state index contributed by atoms with van der Waals surface area (Å²) in [5.41, 5.74) is -0.237. The van der Waals surface area contributed by atoms with Crippen LogP contribution in [0.4, 0.5) is 4.79 Å². The molecule has 0 radical (unpaired) electrons. The first-order valence-corrected chi connectivity index (χ1v) is 6.66. The first-order valence-electron chi connectivity index (χ1n) is 6.66. The zero-order chi connectivity index (χ0) is 15.6. The molecule has 6 nitrogen and oxygen atoms in total. The van der Waals surface area contributed by atoms with Crippen molar-refractivity contribution in [3.8, 4) is 5.75 Å². The largest absolute Gasteiger partial charge is 0.497 e. The number of barbiturate groups is 1. The van der Waals surface area contributed by atoms with Crippen LogP contribution in [-0.2, 0) is 16.0 Å². The SMILES string of the molecule is COc1ccc(CCN2C(=O)NC(=O)C(C)(C)C2=O)cc1. The van der Waals surface area contributed by atoms with Crippen molar-refractivity contribution in [1.29, 1.82) is 0 Å². The summed E-state index contributed by atoms with van der Waals surface area (Å²) in [4.78, 5) is 36.7. The highest BCUT2D eigenvalue weighted by Crippen LogP contribution is 2.23. The monoisotopic (exact) mass is 290 g/mol. The van der Waals surface area contributed by atoms with Crippen molar-refractivity contribution >= 4 is 17.8 Å². The summed E-state index contributed by atoms with van der Waals surface area (Å²) in [5.74, 6) is -0.278. The lowest BCUT2D eigenvalue weighted by molar-refractivity contribution is -0.148. The highest BCUT2D eigenvalue weighted by molar-refractivity contribution is 6.18. The molecule has 0 atom stereocenters. The van der Waals surface area contributed by atoms with Gasteiger partial charge < -0.3 is 4.74 Å². The molecular formula is C15H18N2O4. The van der Waals surface area contributed by atoms with Gasteiger partial charge in [-0.2, -0.15) is 0 Å². The predicted octanol–water partition coefficient (Wildman–Crippen LogP) is 1.34. The maximum Gasteiger partial charge on any atom is 0.330 e. The van der Waals surface area contributed by atoms with Crippen LogP contribution in [0.15, 0.2) is 24.3 Å². The molecule has 1 aromatic carbocycles. The molecule has 2 rings (SSSR count). The molecule has 1 N–H and O–H groups in total. The van der Waals surface area contributed by atoms with E-state index in [1.807, 2.05) is 24.3 Å². The molecule has 1 aromatic rings. The van der Waals surface area contributed by atoms with Crippen molar-refractivity contribution in [2.75, 3.05) is 13.7 Å². The number of carbonyl (C=O) groups excluding carboxylic acids is 3. The number of imide groups is 2. The molecule has 4 amide bonds. The Morgan fingerprint density at radius 2 is 1.76 bits per heavy atom. The van der Waals surface area contributed by atoms with Crippen LogP contribution in [0.1, 0.15) is 19.4 Å². The van der Waals surface area contributed by atoms with Crippen LogP contribution < -0.4 is 10.1 Å². The van der Waals surface area contributed by atoms with E-state index in [-0.39, 0.29) is 6.54 Å². The van der Waals surface area contributed by atoms with E-state index in [0.717, 1.165) is 16.2 Å². The fraction of sp³-hybridized carbons (Fsp3) is 0.400. The Kier molecular flexibility index (Phi) is 3.97. The molecule has 6 heteroatoms. The smallest absolute Gasteiger partial charge is 0.330 e. The molecule has 0 spiro atoms. The first-order chi connectivity index (χ1) is 9.86. The minimum absolute atomic E-state index is 0.230. The van der Waals surface area contributed by atoms with E-state index >= 15 is 0 Å². The predicted molar refractivity (Wildman–Crippen MR) is 75.7 cm³/mol. The van der Waals surface area contributed by atoms with Gasteiger partial charge in [-0.25, -0.2) is 4.79 Å². The number of benzene rings is 1. The highest BCUT2D eigenvalue weighted by Gasteiger charge is 2.46. The average Bonchev–Trinajstić information content (AvgIpc) is 2.46. The zero-order valence-electron chi connectivity index (χ0n) is 12.3. The minimum atomic E-state index is -1.21. The molecule has 1 aliphatic heterocycles. The van der Waals surface area contributed by atoms with E-state index in [4.69, 9.17) is 4.74 Å². The Hall–Kier alpha value is -2.37. The fourth-order valence-electron chi connectivity index (χ4n) is 2.08. The van der Waals surface area contributed by atoms with Gasteiger partial charge in [0.25, 0.3) is 0 Å². The molecule has 1 saturated heterocycles. The third kappa shape index (κ3) is 2.89. The van der Waals surface area contributed by atoms with Crippen molar-refractivity contribution in [2.45, 2.75) is 20.3 Å². The third-order valence-corrected chi connectivity index (χ3v) is 3.60. The van der Waals surface area contributed by atoms with Gasteiger partial charge in [0.2, 0.25) is 11.8 Å². The maximum absolute atomic E-state index is 12.2. The van der Waals surface area contributed by atoms with Crippen LogP contribution in [0.2, 0.25) is 0 Å². The van der Waals surface area contributed by atoms with Gasteiger partial charge in [-0.15, -0.1) is 0 Å². The normalized spacial score (nSPS) is 17.7. The van der Waals surface area contributed by atoms with Crippen LogP contribution in [0.25, 0.3) is 0 Å². The molecule has 0 aromatic heterocycles. The number of hydrogen-bond donors (Lipinski definition) is 1. The summed E-state index contributed by atoms with van der Waals surface area (Å²) in [7, 11) is 1.59. The number of hydrogen-bond acceptors (Lipinski definition) is 4. The van der Waals surface area contributed by atoms with Gasteiger partial charge in [0.15, 0.2) is 0 Å². The topological polar surface area (TPSA) is 75.7 Å². The number of ether oxygens (including phenoxy) is 1. The van der Waals surface area contributed by atoms with Gasteiger partial charge >= 0.3 is 6.03 Å². The van der Waals surface area contributed by atoms with Gasteiger partial charge in [-0.3, -0.25) is 19.8 Å². The third-order valence-electron chi connectivity index (χ3n) is 3.60. The molecule has 0 aliphatic carbocycles. The number of amides is 4. The van der Waals surface area contributed by atoms with E-state index in [1.165, 1.54) is 13.8 Å². The minimum Gasteiger partial charge on any atom is -0.497 e. The second-order valence-corrected chi connectivity index (χ2v) is 5.44. The fourth-order valence-corrected chi connectivity index (χ4v) is 2.08. The lowest BCUT2D eigenvalue weighted by atomic mass is 9.88. The molecular weight excluding hydrogens is 272 g/mol. The number of methoxy groups -OCH3 is 1. The lowest BCUT2D eigenvalue weighted by Gasteiger charge is -2.34. The molecule has 0 saturated carbocycles. The zero-order valence-corrected chi connectivity index (χ0v) is 12.3. The maximum atomic E-state index is 12.2. The van der Waals surface area contributed by atoms with Crippen molar-refractivity contribution in [1.82, 2.24) is 10.2 Å². The number of urea groups is 1. The number of carbonyl (C=O) groups is 3. The van der Waals surface area contributed by atoms with E-state index in [2.05, 4.69) is 5.32 Å². The molecule has 0 unspecified atom stereocenters. The van der Waals surface area contributed by atoms with Gasteiger partial charge in [0, 0.05) is 6.54 Å². The van der Waals surface area contributed by atoms with Gasteiger partial charge in [0.1, 0.15) is 11.2 Å². The summed E-state index contributed by atoms with van der Waals surface area (Å²) in [6.45, 7) is 3.25. The Labute approximate surface area is 123 Å². The molecule has 112 valence electrons. The molecule has 1 aliphatic rings. The Morgan fingerprint density at radius 1 is 1.14 bits per heavy atom. The van der Waals surface area contributed by atoms with Crippen molar-refractivity contribution in [3.05, 3.63) is 29.8 Å². The van der Waals surface area contributed by atoms with Crippen molar-refractivity contribution in [2.24, 2.45) is 5.41 Å². The number of nitrogens with zero attached hydrogens (tertiary/aromatic N) is 1. The Balaban J connectivity index is 2.06. The first kappa shape index (κ1) is 15.0. The molecule has 1 heterocycles. The molecule has 0 bridgehead atoms. The summed E-state index contributed by atoms with van der Waals surface area (Å²) in [6.07, 6.45) is 0.521. The molecule has 1 fully saturated rings. The van der Waals surface area contributed by atoms with E-state index in [9.17, 15) is 14.4 Å². The van der Waals surface area contributed by atoms with Crippen LogP contribution in [0, 0.1) is 5.41 Å². The number of nitrogens with one attached hydrogen (secondary N) is 1. The van der Waals surface area contributed by atoms with Crippen LogP contribution >= 0.6 is 0 Å². The van der Waals surface area contributed by atoms with Gasteiger partial charge in [0.05, 0.1) is 7.11 Å². The van der Waals surface area contributed by atoms with Crippen molar-refractivity contribution < 1.29 is 19.1 Å². The number of rotatable bonds is 4. The summed E-state index contributed by atoms with van der Waals surface area (Å²) < 4.78 is 5.07. The summed E-state index contributed by atoms with van der Waals surface area (Å²) in [6, 6.07) is 6.74. The van der Waals surface area contributed by atoms with E-state index in [0.29, 0.717) is 6.42 Å². The van der Waals surface area contributed by atoms with E-state index < -0.39 is 23.3 Å². The quantitative estimate of drug-likeness (QED) is 0.849. The lowest BCUT2D eigenvalue weighted by Crippen LogP contribution is -2.62. The molecule has 21 heavy (non-hydrogen) atoms. The highest BCUT2D eigenvalue weighted by atomic mass is 16.5. The van der Waals surface area contributed by atoms with Gasteiger partial charge in [-0.05, 0) is 38.0 Å². The Bertz CT molecular complexity index is 578. The van der Waals surface area contributed by atoms with E-state index in [1.54, 1.807) is 7.11 Å². The second kappa shape index (κ2) is 5.55. The van der Waals surface area contributed by atoms with Crippen LogP contribution in [0.5, 0.6) is 5.75 Å². The Morgan fingerprint density at radius 3 is 2.33 bits per heavy atom. The average molecular weight is 290 g/mol. The summed E-state index contributed by atoms with van der Waals surface area (Å²) in [5, 5.41) is 2.21.